The van der Waals surface area contributed by atoms with E-state index in [9.17, 15) is 9.90 Å². The summed E-state index contributed by atoms with van der Waals surface area (Å²) < 4.78 is 0. The fourth-order valence-electron chi connectivity index (χ4n) is 8.89. The van der Waals surface area contributed by atoms with Crippen molar-refractivity contribution in [3.63, 3.8) is 0 Å². The highest BCUT2D eigenvalue weighted by atomic mass is 16.3. The van der Waals surface area contributed by atoms with Crippen molar-refractivity contribution in [2.45, 2.75) is 123 Å². The molecule has 0 heterocycles. The third kappa shape index (κ3) is 4.14. The molecule has 31 heavy (non-hydrogen) atoms. The second kappa shape index (κ2) is 8.85. The molecular weight excluding hydrogens is 380 g/mol. The number of unbranched alkanes of at least 4 members (excludes halogenated alkanes) is 4. The summed E-state index contributed by atoms with van der Waals surface area (Å²) in [6.45, 7) is 9.06. The Morgan fingerprint density at radius 2 is 1.71 bits per heavy atom. The third-order valence-corrected chi connectivity index (χ3v) is 10.7. The van der Waals surface area contributed by atoms with Gasteiger partial charge in [-0.3, -0.25) is 4.79 Å². The Morgan fingerprint density at radius 3 is 2.45 bits per heavy atom. The fraction of sp³-hybridized carbons (Fsp3) is 0.897. The van der Waals surface area contributed by atoms with Gasteiger partial charge in [0.25, 0.3) is 0 Å². The Hall–Kier alpha value is -0.810. The molecule has 0 aliphatic heterocycles. The number of rotatable bonds is 5. The highest BCUT2D eigenvalue weighted by Crippen LogP contribution is 2.68. The Morgan fingerprint density at radius 1 is 0.935 bits per heavy atom. The maximum absolute atomic E-state index is 12.3. The van der Waals surface area contributed by atoms with Crippen LogP contribution in [0.2, 0.25) is 0 Å². The molecule has 0 aromatic rings. The first-order valence-electron chi connectivity index (χ1n) is 13.5. The van der Waals surface area contributed by atoms with E-state index in [-0.39, 0.29) is 5.41 Å². The third-order valence-electron chi connectivity index (χ3n) is 10.7. The Balaban J connectivity index is 1.43. The second-order valence-corrected chi connectivity index (χ2v) is 12.3. The van der Waals surface area contributed by atoms with Gasteiger partial charge in [-0.2, -0.15) is 0 Å². The molecule has 4 saturated carbocycles. The standard InChI is InChI=1S/C29H46O2/c1-5-6-7-8-9-10-16-29(31)19-18-27(3)22(20-29)11-12-23-25-14-13-24(21(2)30)28(25,4)17-15-26(23)27/h22-26,31H,5-9,11-15,17-20H2,1-4H3/t22-,23+,24-,25+,26+,27+,28-,29-/m1/s1. The van der Waals surface area contributed by atoms with Gasteiger partial charge in [0, 0.05) is 12.3 Å². The molecule has 4 aliphatic rings. The minimum absolute atomic E-state index is 0.245. The van der Waals surface area contributed by atoms with Crippen molar-refractivity contribution >= 4 is 5.78 Å². The molecule has 8 atom stereocenters. The second-order valence-electron chi connectivity index (χ2n) is 12.3. The average Bonchev–Trinajstić information content (AvgIpc) is 3.09. The van der Waals surface area contributed by atoms with Crippen molar-refractivity contribution < 1.29 is 9.90 Å². The number of hydrogen-bond donors (Lipinski definition) is 1. The molecule has 0 amide bonds. The minimum Gasteiger partial charge on any atom is -0.378 e. The van der Waals surface area contributed by atoms with Gasteiger partial charge in [0.2, 0.25) is 0 Å². The Labute approximate surface area is 191 Å². The Kier molecular flexibility index (Phi) is 6.67. The van der Waals surface area contributed by atoms with Crippen molar-refractivity contribution in [2.75, 3.05) is 0 Å². The number of carbonyl (C=O) groups excluding carboxylic acids is 1. The zero-order valence-corrected chi connectivity index (χ0v) is 20.6. The quantitative estimate of drug-likeness (QED) is 0.382. The summed E-state index contributed by atoms with van der Waals surface area (Å²) in [6.07, 6.45) is 16.2. The number of fused-ring (bicyclic) bond motifs is 5. The van der Waals surface area contributed by atoms with E-state index in [2.05, 4.69) is 32.6 Å². The zero-order chi connectivity index (χ0) is 22.3. The number of carbonyl (C=O) groups is 1. The molecule has 0 aromatic heterocycles. The van der Waals surface area contributed by atoms with Crippen LogP contribution in [0.5, 0.6) is 0 Å². The van der Waals surface area contributed by atoms with E-state index in [0.29, 0.717) is 23.0 Å². The van der Waals surface area contributed by atoms with Crippen molar-refractivity contribution in [3.05, 3.63) is 0 Å². The van der Waals surface area contributed by atoms with Gasteiger partial charge >= 0.3 is 0 Å². The number of ketones is 1. The molecule has 174 valence electrons. The fourth-order valence-corrected chi connectivity index (χ4v) is 8.89. The van der Waals surface area contributed by atoms with E-state index >= 15 is 0 Å². The molecule has 0 aromatic carbocycles. The van der Waals surface area contributed by atoms with Gasteiger partial charge in [0.05, 0.1) is 0 Å². The van der Waals surface area contributed by atoms with Gasteiger partial charge in [-0.15, -0.1) is 5.92 Å². The topological polar surface area (TPSA) is 37.3 Å². The summed E-state index contributed by atoms with van der Waals surface area (Å²) in [5.41, 5.74) is -0.152. The molecule has 0 unspecified atom stereocenters. The first-order valence-corrected chi connectivity index (χ1v) is 13.5. The largest absolute Gasteiger partial charge is 0.378 e. The van der Waals surface area contributed by atoms with Crippen LogP contribution in [0.15, 0.2) is 0 Å². The summed E-state index contributed by atoms with van der Waals surface area (Å²) in [7, 11) is 0. The van der Waals surface area contributed by atoms with E-state index < -0.39 is 5.60 Å². The van der Waals surface area contributed by atoms with Crippen molar-refractivity contribution in [1.29, 1.82) is 0 Å². The molecule has 4 aliphatic carbocycles. The van der Waals surface area contributed by atoms with E-state index in [1.807, 2.05) is 6.92 Å². The van der Waals surface area contributed by atoms with Gasteiger partial charge < -0.3 is 5.11 Å². The van der Waals surface area contributed by atoms with Crippen LogP contribution in [0.3, 0.4) is 0 Å². The van der Waals surface area contributed by atoms with Gasteiger partial charge in [0.15, 0.2) is 0 Å². The van der Waals surface area contributed by atoms with Crippen LogP contribution in [-0.2, 0) is 4.79 Å². The average molecular weight is 427 g/mol. The lowest BCUT2D eigenvalue weighted by Crippen LogP contribution is -2.56. The lowest BCUT2D eigenvalue weighted by Gasteiger charge is -2.61. The van der Waals surface area contributed by atoms with Gasteiger partial charge in [-0.25, -0.2) is 0 Å². The molecule has 4 fully saturated rings. The summed E-state index contributed by atoms with van der Waals surface area (Å²) in [5, 5.41) is 11.3. The predicted molar refractivity (Wildman–Crippen MR) is 127 cm³/mol. The van der Waals surface area contributed by atoms with Crippen molar-refractivity contribution in [3.8, 4) is 11.8 Å². The Bertz CT molecular complexity index is 731. The first kappa shape index (κ1) is 23.4. The van der Waals surface area contributed by atoms with Gasteiger partial charge in [-0.1, -0.05) is 46.0 Å². The van der Waals surface area contributed by atoms with Crippen LogP contribution in [-0.4, -0.2) is 16.5 Å². The first-order chi connectivity index (χ1) is 14.7. The number of aliphatic hydroxyl groups is 1. The van der Waals surface area contributed by atoms with Crippen molar-refractivity contribution in [2.24, 2.45) is 40.4 Å². The van der Waals surface area contributed by atoms with Crippen LogP contribution in [0, 0.1) is 52.3 Å². The molecule has 0 spiro atoms. The molecule has 4 rings (SSSR count). The van der Waals surface area contributed by atoms with Gasteiger partial charge in [0.1, 0.15) is 11.4 Å². The van der Waals surface area contributed by atoms with Crippen LogP contribution in [0.25, 0.3) is 0 Å². The highest BCUT2D eigenvalue weighted by molar-refractivity contribution is 5.79. The van der Waals surface area contributed by atoms with E-state index in [1.165, 1.54) is 57.8 Å². The minimum atomic E-state index is -0.752. The van der Waals surface area contributed by atoms with Crippen LogP contribution in [0.4, 0.5) is 0 Å². The number of Topliss-reactive ketones (excluding diaryl/α,β-unsaturated/α-hetero) is 1. The molecule has 1 N–H and O–H groups in total. The van der Waals surface area contributed by atoms with Gasteiger partial charge in [-0.05, 0) is 106 Å². The van der Waals surface area contributed by atoms with Crippen LogP contribution in [0.1, 0.15) is 118 Å². The zero-order valence-electron chi connectivity index (χ0n) is 20.6. The van der Waals surface area contributed by atoms with Crippen molar-refractivity contribution in [1.82, 2.24) is 0 Å². The molecule has 0 saturated heterocycles. The van der Waals surface area contributed by atoms with Crippen LogP contribution >= 0.6 is 0 Å². The normalized spacial score (nSPS) is 46.3. The molecular formula is C29H46O2. The predicted octanol–water partition coefficient (Wildman–Crippen LogP) is 6.94. The lowest BCUT2D eigenvalue weighted by atomic mass is 9.44. The lowest BCUT2D eigenvalue weighted by molar-refractivity contribution is -0.144. The summed E-state index contributed by atoms with van der Waals surface area (Å²) in [5.74, 6) is 10.3. The summed E-state index contributed by atoms with van der Waals surface area (Å²) >= 11 is 0. The highest BCUT2D eigenvalue weighted by Gasteiger charge is 2.61. The van der Waals surface area contributed by atoms with E-state index in [0.717, 1.165) is 49.9 Å². The summed E-state index contributed by atoms with van der Waals surface area (Å²) in [6, 6.07) is 0. The maximum atomic E-state index is 12.3. The molecule has 0 radical (unpaired) electrons. The van der Waals surface area contributed by atoms with E-state index in [4.69, 9.17) is 0 Å². The SMILES string of the molecule is CCCCCCC#C[C@@]1(O)CC[C@@]2(C)[C@H](CC[C@@H]3[C@@H]2CC[C@]2(C)[C@@H](C(C)=O)CC[C@@H]32)C1. The van der Waals surface area contributed by atoms with Crippen LogP contribution < -0.4 is 0 Å². The monoisotopic (exact) mass is 426 g/mol. The molecule has 2 heteroatoms. The number of hydrogen-bond acceptors (Lipinski definition) is 2. The van der Waals surface area contributed by atoms with E-state index in [1.54, 1.807) is 0 Å². The maximum Gasteiger partial charge on any atom is 0.133 e. The molecule has 2 nitrogen and oxygen atoms in total. The summed E-state index contributed by atoms with van der Waals surface area (Å²) in [4.78, 5) is 12.3. The molecule has 0 bridgehead atoms. The smallest absolute Gasteiger partial charge is 0.133 e.